The van der Waals surface area contributed by atoms with Gasteiger partial charge in [0.15, 0.2) is 24.9 Å². The van der Waals surface area contributed by atoms with Gasteiger partial charge in [-0.25, -0.2) is 0 Å². The van der Waals surface area contributed by atoms with E-state index in [0.717, 1.165) is 89.3 Å². The summed E-state index contributed by atoms with van der Waals surface area (Å²) in [6.07, 6.45) is 12.2. The summed E-state index contributed by atoms with van der Waals surface area (Å²) in [5, 5.41) is 31.9. The van der Waals surface area contributed by atoms with Gasteiger partial charge in [0.25, 0.3) is 0 Å². The molecule has 2 rings (SSSR count). The van der Waals surface area contributed by atoms with Crippen LogP contribution in [0.25, 0.3) is 10.6 Å². The van der Waals surface area contributed by atoms with E-state index < -0.39 is 83.5 Å². The second-order valence-corrected chi connectivity index (χ2v) is 73.7. The van der Waals surface area contributed by atoms with E-state index in [1.54, 1.807) is 56.9 Å². The number of aliphatic hydroxyl groups excluding tert-OH is 2. The molecular formula is C58H145Li2N5O12Si10. The summed E-state index contributed by atoms with van der Waals surface area (Å²) in [7, 11) is 2.22. The van der Waals surface area contributed by atoms with Crippen LogP contribution in [-0.4, -0.2) is 252 Å². The van der Waals surface area contributed by atoms with Crippen LogP contribution < -0.4 is 43.0 Å². The second kappa shape index (κ2) is 52.8. The molecule has 2 saturated heterocycles. The third-order valence-electron chi connectivity index (χ3n) is 17.0. The molecule has 0 aliphatic carbocycles. The average molecular weight is 1400 g/mol. The first-order valence-electron chi connectivity index (χ1n) is 32.7. The Morgan fingerprint density at radius 2 is 0.713 bits per heavy atom. The van der Waals surface area contributed by atoms with Gasteiger partial charge in [0.1, 0.15) is 8.24 Å². The average Bonchev–Trinajstić information content (AvgIpc) is 3.11. The number of hydrogen-bond acceptors (Lipinski definition) is 15. The maximum absolute atomic E-state index is 9.58. The van der Waals surface area contributed by atoms with Gasteiger partial charge in [-0.05, 0) is 141 Å². The van der Waals surface area contributed by atoms with Gasteiger partial charge in [0, 0.05) is 107 Å². The van der Waals surface area contributed by atoms with Crippen molar-refractivity contribution in [3.05, 3.63) is 10.6 Å². The third-order valence-corrected chi connectivity index (χ3v) is 44.5. The number of nitrogens with one attached hydrogen (secondary N) is 1. The maximum Gasteiger partial charge on any atom is 1.00 e. The third kappa shape index (κ3) is 50.7. The van der Waals surface area contributed by atoms with Crippen molar-refractivity contribution >= 4 is 83.5 Å². The summed E-state index contributed by atoms with van der Waals surface area (Å²) < 4.78 is 59.4. The maximum atomic E-state index is 9.58. The van der Waals surface area contributed by atoms with E-state index in [2.05, 4.69) is 130 Å². The minimum absolute atomic E-state index is 0. The van der Waals surface area contributed by atoms with Gasteiger partial charge in [-0.2, -0.15) is 0 Å². The molecule has 0 aromatic rings. The van der Waals surface area contributed by atoms with Crippen molar-refractivity contribution in [2.75, 3.05) is 149 Å². The molecule has 0 bridgehead atoms. The topological polar surface area (TPSA) is 179 Å². The monoisotopic (exact) mass is 1400 g/mol. The Hall–Kier alpha value is 2.68. The molecule has 3 N–H and O–H groups in total. The first kappa shape index (κ1) is 98.4. The van der Waals surface area contributed by atoms with E-state index >= 15 is 0 Å². The Labute approximate surface area is 574 Å². The fraction of sp³-hybridized carbons (Fsp3) is 1.00. The Kier molecular flexibility index (Phi) is 59.6. The Morgan fingerprint density at radius 3 is 1.07 bits per heavy atom. The second-order valence-electron chi connectivity index (χ2n) is 29.2. The van der Waals surface area contributed by atoms with Crippen LogP contribution >= 0.6 is 0 Å². The molecule has 17 nitrogen and oxygen atoms in total. The molecule has 29 heteroatoms. The fourth-order valence-corrected chi connectivity index (χ4v) is 27.2. The van der Waals surface area contributed by atoms with Gasteiger partial charge in [-0.15, -0.1) is 26.2 Å². The molecule has 0 aromatic heterocycles. The molecule has 87 heavy (non-hydrogen) atoms. The zero-order valence-corrected chi connectivity index (χ0v) is 72.9. The quantitative estimate of drug-likeness (QED) is 0.0396. The van der Waals surface area contributed by atoms with Gasteiger partial charge in [0.05, 0.1) is 12.5 Å². The molecule has 516 valence electrons. The van der Waals surface area contributed by atoms with E-state index in [-0.39, 0.29) is 50.2 Å². The number of hydrogen-bond donors (Lipinski definition) is 3. The molecule has 0 aromatic carbocycles. The summed E-state index contributed by atoms with van der Waals surface area (Å²) in [5.74, 6) is 0. The summed E-state index contributed by atoms with van der Waals surface area (Å²) in [5.41, 5.74) is 0. The first-order valence-corrected chi connectivity index (χ1v) is 62.1. The van der Waals surface area contributed by atoms with Gasteiger partial charge in [-0.3, -0.25) is 0 Å². The van der Waals surface area contributed by atoms with Gasteiger partial charge in [-0.1, -0.05) is 116 Å². The van der Waals surface area contributed by atoms with E-state index in [9.17, 15) is 10.2 Å². The molecule has 0 spiro atoms. The minimum Gasteiger partial charge on any atom is -0.662 e. The fourth-order valence-electron chi connectivity index (χ4n) is 10.2. The predicted octanol–water partition coefficient (Wildman–Crippen LogP) is 7.86. The first-order chi connectivity index (χ1) is 39.5. The SMILES string of the molecule is CO[Si](C)(C)CCCNCCC[Si](C)(C)C.CO[Si](C)(C)CCC[N-]CCC[Si](C)(C)C.CO[Si](C)(CCCN1CCC[Si]1(C)C)OC.CO[Si](CCCN1CCC[Si]1(CO)CO)(OC)OC.CO[Si](CCC[N-]CCC[Si](C)(C)C)(OC)OC.[Li+].[Li+]. The molecule has 0 radical (unpaired) electrons. The molecule has 0 unspecified atom stereocenters. The van der Waals surface area contributed by atoms with Crippen molar-refractivity contribution in [1.82, 2.24) is 14.4 Å². The molecule has 2 heterocycles. The van der Waals surface area contributed by atoms with E-state index in [0.29, 0.717) is 0 Å². The zero-order chi connectivity index (χ0) is 66.0. The normalized spacial score (nSPS) is 15.9. The number of aliphatic hydroxyl groups is 2. The van der Waals surface area contributed by atoms with Crippen molar-refractivity contribution in [3.8, 4) is 0 Å². The standard InChI is InChI=1S/C12H30NO3Si2.C12H31NOSi2.C12H30NOSi2.C11H27NO5Si2.C11H27NO2Si2.2Li/c1-14-18(15-2,16-3)12-8-10-13-9-7-11-17(4,5)6;2*1-14-16(5,6)12-8-10-13-9-7-11-15(2,3)4;1-15-19(16-2,17-3)9-5-7-12-6-4-8-18(12,10-13)11-14;1-13-16(5,14-2)11-7-9-12-8-6-10-15(12,3)4;;/h7-12H2,1-6H3;13H,7-12H2,1-6H3;7-12H2,1-6H3;13-14H,4-11H2,1-3H3;6-11H2,1-5H3;;/q-1;;-1;;;2*+1. The minimum atomic E-state index is -2.49. The van der Waals surface area contributed by atoms with E-state index in [1.807, 2.05) is 14.2 Å². The summed E-state index contributed by atoms with van der Waals surface area (Å²) in [6.45, 7) is 48.8. The molecule has 0 amide bonds. The van der Waals surface area contributed by atoms with Crippen LogP contribution in [0.4, 0.5) is 0 Å². The van der Waals surface area contributed by atoms with Crippen LogP contribution in [0.5, 0.6) is 0 Å². The number of nitrogens with zero attached hydrogens (tertiary/aromatic N) is 4. The molecule has 2 aliphatic rings. The summed E-state index contributed by atoms with van der Waals surface area (Å²) in [6, 6.07) is 11.9. The van der Waals surface area contributed by atoms with Crippen molar-refractivity contribution in [2.45, 2.75) is 229 Å². The predicted molar refractivity (Wildman–Crippen MR) is 392 cm³/mol. The number of rotatable bonds is 44. The van der Waals surface area contributed by atoms with Crippen LogP contribution in [0.1, 0.15) is 64.2 Å². The largest absolute Gasteiger partial charge is 1.00 e. The van der Waals surface area contributed by atoms with Crippen molar-refractivity contribution in [2.24, 2.45) is 0 Å². The van der Waals surface area contributed by atoms with Crippen molar-refractivity contribution in [3.63, 3.8) is 0 Å². The van der Waals surface area contributed by atoms with Crippen molar-refractivity contribution in [1.29, 1.82) is 0 Å². The zero-order valence-electron chi connectivity index (χ0n) is 62.9. The smallest absolute Gasteiger partial charge is 0.662 e. The molecule has 0 atom stereocenters. The van der Waals surface area contributed by atoms with Gasteiger partial charge in [0.2, 0.25) is 0 Å². The molecule has 2 fully saturated rings. The van der Waals surface area contributed by atoms with Crippen LogP contribution in [0, 0.1) is 0 Å². The van der Waals surface area contributed by atoms with Crippen molar-refractivity contribution < 1.29 is 92.2 Å². The van der Waals surface area contributed by atoms with Crippen LogP contribution in [0.2, 0.25) is 165 Å². The summed E-state index contributed by atoms with van der Waals surface area (Å²) in [4.78, 5) is 0. The van der Waals surface area contributed by atoms with Crippen LogP contribution in [0.15, 0.2) is 0 Å². The van der Waals surface area contributed by atoms with Gasteiger partial charge >= 0.3 is 63.9 Å². The van der Waals surface area contributed by atoms with Crippen LogP contribution in [-0.2, 0) is 44.3 Å². The Morgan fingerprint density at radius 1 is 0.391 bits per heavy atom. The van der Waals surface area contributed by atoms with Crippen LogP contribution in [0.3, 0.4) is 0 Å². The summed E-state index contributed by atoms with van der Waals surface area (Å²) >= 11 is 0. The van der Waals surface area contributed by atoms with Gasteiger partial charge < -0.3 is 79.6 Å². The molecule has 0 saturated carbocycles. The van der Waals surface area contributed by atoms with E-state index in [4.69, 9.17) is 44.3 Å². The molecular weight excluding hydrogens is 1250 g/mol. The van der Waals surface area contributed by atoms with E-state index in [1.165, 1.54) is 101 Å². The Bertz CT molecular complexity index is 1520. The molecule has 2 aliphatic heterocycles. The Balaban J connectivity index is -0.000000321.